The number of likely N-dealkylation sites (tertiary alicyclic amines) is 1. The third-order valence-electron chi connectivity index (χ3n) is 5.24. The van der Waals surface area contributed by atoms with Crippen molar-refractivity contribution in [3.05, 3.63) is 35.9 Å². The molecule has 160 valence electrons. The molecule has 1 aromatic carbocycles. The van der Waals surface area contributed by atoms with Gasteiger partial charge in [0.05, 0.1) is 0 Å². The van der Waals surface area contributed by atoms with E-state index in [0.717, 1.165) is 0 Å². The molecule has 0 spiro atoms. The Bertz CT molecular complexity index is 680. The minimum atomic E-state index is -0.594. The summed E-state index contributed by atoms with van der Waals surface area (Å²) in [7, 11) is 0. The third-order valence-corrected chi connectivity index (χ3v) is 5.24. The number of nitrogens with zero attached hydrogens (tertiary/aromatic N) is 1. The van der Waals surface area contributed by atoms with Gasteiger partial charge in [0.15, 0.2) is 0 Å². The number of carbonyl (C=O) groups is 3. The summed E-state index contributed by atoms with van der Waals surface area (Å²) in [6.07, 6.45) is 1.96. The highest BCUT2D eigenvalue weighted by Crippen LogP contribution is 2.23. The van der Waals surface area contributed by atoms with Gasteiger partial charge in [0.25, 0.3) is 5.91 Å². The summed E-state index contributed by atoms with van der Waals surface area (Å²) < 4.78 is 0. The summed E-state index contributed by atoms with van der Waals surface area (Å²) in [6.45, 7) is 9.99. The van der Waals surface area contributed by atoms with E-state index in [1.165, 1.54) is 0 Å². The van der Waals surface area contributed by atoms with Crippen LogP contribution in [0.1, 0.15) is 57.3 Å². The van der Waals surface area contributed by atoms with E-state index in [-0.39, 0.29) is 23.6 Å². The van der Waals surface area contributed by atoms with Crippen molar-refractivity contribution in [2.24, 2.45) is 17.8 Å². The Balaban J connectivity index is 2.04. The van der Waals surface area contributed by atoms with E-state index in [2.05, 4.69) is 10.6 Å². The number of piperidine rings is 1. The topological polar surface area (TPSA) is 78.5 Å². The van der Waals surface area contributed by atoms with E-state index < -0.39 is 6.04 Å². The average molecular weight is 402 g/mol. The number of hydrogen-bond donors (Lipinski definition) is 2. The van der Waals surface area contributed by atoms with E-state index in [1.807, 2.05) is 50.8 Å². The first-order chi connectivity index (χ1) is 13.8. The maximum atomic E-state index is 12.9. The lowest BCUT2D eigenvalue weighted by Crippen LogP contribution is -2.54. The van der Waals surface area contributed by atoms with Crippen molar-refractivity contribution < 1.29 is 14.4 Å². The number of rotatable bonds is 8. The van der Waals surface area contributed by atoms with Crippen molar-refractivity contribution in [1.82, 2.24) is 15.5 Å². The Morgan fingerprint density at radius 1 is 1.00 bits per heavy atom. The molecule has 1 heterocycles. The molecule has 6 heteroatoms. The minimum absolute atomic E-state index is 0.0120. The summed E-state index contributed by atoms with van der Waals surface area (Å²) in [6, 6.07) is 8.36. The molecular weight excluding hydrogens is 366 g/mol. The number of benzene rings is 1. The lowest BCUT2D eigenvalue weighted by Gasteiger charge is -2.36. The van der Waals surface area contributed by atoms with Gasteiger partial charge in [-0.3, -0.25) is 14.4 Å². The zero-order valence-corrected chi connectivity index (χ0v) is 18.1. The third kappa shape index (κ3) is 7.18. The van der Waals surface area contributed by atoms with E-state index in [0.29, 0.717) is 56.3 Å². The molecule has 1 unspecified atom stereocenters. The largest absolute Gasteiger partial charge is 0.354 e. The average Bonchev–Trinajstić information content (AvgIpc) is 2.70. The van der Waals surface area contributed by atoms with Gasteiger partial charge in [-0.25, -0.2) is 0 Å². The molecular formula is C23H35N3O3. The summed E-state index contributed by atoms with van der Waals surface area (Å²) in [5.41, 5.74) is 0.540. The Hall–Kier alpha value is -2.37. The van der Waals surface area contributed by atoms with Gasteiger partial charge in [0.2, 0.25) is 11.8 Å². The SMILES string of the molecule is CC(C)CNC(=O)C(NC(=O)c1ccccc1)C1CCN(C(=O)CC(C)C)CC1. The first-order valence-electron chi connectivity index (χ1n) is 10.7. The summed E-state index contributed by atoms with van der Waals surface area (Å²) in [5, 5.41) is 5.91. The maximum Gasteiger partial charge on any atom is 0.251 e. The van der Waals surface area contributed by atoms with Gasteiger partial charge in [0, 0.05) is 31.6 Å². The fraction of sp³-hybridized carbons (Fsp3) is 0.609. The number of amides is 3. The molecule has 3 amide bonds. The molecule has 29 heavy (non-hydrogen) atoms. The molecule has 6 nitrogen and oxygen atoms in total. The summed E-state index contributed by atoms with van der Waals surface area (Å²) >= 11 is 0. The van der Waals surface area contributed by atoms with Gasteiger partial charge in [-0.2, -0.15) is 0 Å². The number of nitrogens with one attached hydrogen (secondary N) is 2. The van der Waals surface area contributed by atoms with Crippen molar-refractivity contribution in [2.75, 3.05) is 19.6 Å². The molecule has 1 atom stereocenters. The Morgan fingerprint density at radius 2 is 1.62 bits per heavy atom. The monoisotopic (exact) mass is 401 g/mol. The van der Waals surface area contributed by atoms with E-state index in [9.17, 15) is 14.4 Å². The van der Waals surface area contributed by atoms with Crippen LogP contribution < -0.4 is 10.6 Å². The van der Waals surface area contributed by atoms with Gasteiger partial charge >= 0.3 is 0 Å². The second-order valence-corrected chi connectivity index (χ2v) is 8.77. The van der Waals surface area contributed by atoms with Crippen LogP contribution in [-0.4, -0.2) is 48.3 Å². The van der Waals surface area contributed by atoms with Crippen LogP contribution in [0.3, 0.4) is 0 Å². The highest BCUT2D eigenvalue weighted by Gasteiger charge is 2.34. The minimum Gasteiger partial charge on any atom is -0.354 e. The molecule has 1 saturated heterocycles. The van der Waals surface area contributed by atoms with Crippen molar-refractivity contribution in [2.45, 2.75) is 53.0 Å². The smallest absolute Gasteiger partial charge is 0.251 e. The lowest BCUT2D eigenvalue weighted by atomic mass is 9.88. The van der Waals surface area contributed by atoms with Gasteiger partial charge in [0.1, 0.15) is 6.04 Å². The van der Waals surface area contributed by atoms with Crippen molar-refractivity contribution in [3.8, 4) is 0 Å². The van der Waals surface area contributed by atoms with Crippen LogP contribution in [-0.2, 0) is 9.59 Å². The highest BCUT2D eigenvalue weighted by atomic mass is 16.2. The molecule has 1 aromatic rings. The molecule has 1 fully saturated rings. The van der Waals surface area contributed by atoms with Crippen LogP contribution in [0.5, 0.6) is 0 Å². The van der Waals surface area contributed by atoms with Crippen LogP contribution in [0, 0.1) is 17.8 Å². The number of carbonyl (C=O) groups excluding carboxylic acids is 3. The lowest BCUT2D eigenvalue weighted by molar-refractivity contribution is -0.133. The van der Waals surface area contributed by atoms with Gasteiger partial charge < -0.3 is 15.5 Å². The van der Waals surface area contributed by atoms with E-state index in [1.54, 1.807) is 12.1 Å². The van der Waals surface area contributed by atoms with Crippen LogP contribution in [0.4, 0.5) is 0 Å². The Morgan fingerprint density at radius 3 is 2.17 bits per heavy atom. The summed E-state index contributed by atoms with van der Waals surface area (Å²) in [5.74, 6) is 0.467. The van der Waals surface area contributed by atoms with Gasteiger partial charge in [-0.1, -0.05) is 45.9 Å². The Kier molecular flexibility index (Phi) is 8.68. The molecule has 0 bridgehead atoms. The molecule has 1 aliphatic rings. The standard InChI is InChI=1S/C23H35N3O3/c1-16(2)14-20(27)26-12-10-18(11-13-26)21(23(29)24-15-17(3)4)25-22(28)19-8-6-5-7-9-19/h5-9,16-18,21H,10-15H2,1-4H3,(H,24,29)(H,25,28). The fourth-order valence-corrected chi connectivity index (χ4v) is 3.59. The van der Waals surface area contributed by atoms with Crippen LogP contribution in [0.2, 0.25) is 0 Å². The van der Waals surface area contributed by atoms with Gasteiger partial charge in [-0.05, 0) is 42.7 Å². The van der Waals surface area contributed by atoms with Gasteiger partial charge in [-0.15, -0.1) is 0 Å². The second kappa shape index (κ2) is 11.0. The second-order valence-electron chi connectivity index (χ2n) is 8.77. The fourth-order valence-electron chi connectivity index (χ4n) is 3.59. The maximum absolute atomic E-state index is 12.9. The molecule has 1 aliphatic heterocycles. The van der Waals surface area contributed by atoms with Crippen molar-refractivity contribution in [3.63, 3.8) is 0 Å². The zero-order valence-electron chi connectivity index (χ0n) is 18.1. The van der Waals surface area contributed by atoms with E-state index in [4.69, 9.17) is 0 Å². The van der Waals surface area contributed by atoms with E-state index >= 15 is 0 Å². The van der Waals surface area contributed by atoms with Crippen LogP contribution in [0.15, 0.2) is 30.3 Å². The highest BCUT2D eigenvalue weighted by molar-refractivity contribution is 5.97. The summed E-state index contributed by atoms with van der Waals surface area (Å²) in [4.78, 5) is 39.8. The first kappa shape index (κ1) is 22.9. The number of hydrogen-bond acceptors (Lipinski definition) is 3. The molecule has 0 aromatic heterocycles. The molecule has 2 rings (SSSR count). The quantitative estimate of drug-likeness (QED) is 0.703. The first-order valence-corrected chi connectivity index (χ1v) is 10.7. The molecule has 0 radical (unpaired) electrons. The Labute approximate surface area is 174 Å². The molecule has 0 aliphatic carbocycles. The zero-order chi connectivity index (χ0) is 21.4. The van der Waals surface area contributed by atoms with Crippen molar-refractivity contribution in [1.29, 1.82) is 0 Å². The van der Waals surface area contributed by atoms with Crippen molar-refractivity contribution >= 4 is 17.7 Å². The molecule has 0 saturated carbocycles. The van der Waals surface area contributed by atoms with Crippen LogP contribution in [0.25, 0.3) is 0 Å². The van der Waals surface area contributed by atoms with Crippen LogP contribution >= 0.6 is 0 Å². The molecule has 2 N–H and O–H groups in total. The predicted octanol–water partition coefficient (Wildman–Crippen LogP) is 2.84. The normalized spacial score (nSPS) is 16.0. The predicted molar refractivity (Wildman–Crippen MR) is 114 cm³/mol.